The quantitative estimate of drug-likeness (QED) is 0.371. The highest BCUT2D eigenvalue weighted by Crippen LogP contribution is 2.32. The molecule has 0 saturated carbocycles. The van der Waals surface area contributed by atoms with Crippen molar-refractivity contribution < 1.29 is 28.6 Å². The van der Waals surface area contributed by atoms with E-state index in [2.05, 4.69) is 0 Å². The summed E-state index contributed by atoms with van der Waals surface area (Å²) in [5.74, 6) is -0.964. The molecule has 0 unspecified atom stereocenters. The molecule has 174 valence electrons. The van der Waals surface area contributed by atoms with E-state index in [4.69, 9.17) is 14.2 Å². The number of hydrogen-bond donors (Lipinski definition) is 0. The molecule has 7 nitrogen and oxygen atoms in total. The highest BCUT2D eigenvalue weighted by molar-refractivity contribution is 6.02. The summed E-state index contributed by atoms with van der Waals surface area (Å²) < 4.78 is 16.0. The van der Waals surface area contributed by atoms with Crippen molar-refractivity contribution in [3.63, 3.8) is 0 Å². The maximum absolute atomic E-state index is 13.0. The minimum Gasteiger partial charge on any atom is -0.465 e. The number of methoxy groups -OCH3 is 1. The molecule has 4 rings (SSSR count). The Kier molecular flexibility index (Phi) is 7.22. The molecule has 3 aromatic carbocycles. The summed E-state index contributed by atoms with van der Waals surface area (Å²) in [5, 5.41) is 0. The average Bonchev–Trinajstić information content (AvgIpc) is 3.17. The van der Waals surface area contributed by atoms with Crippen molar-refractivity contribution in [1.82, 2.24) is 0 Å². The van der Waals surface area contributed by atoms with Gasteiger partial charge in [-0.15, -0.1) is 0 Å². The van der Waals surface area contributed by atoms with E-state index in [0.29, 0.717) is 12.1 Å². The van der Waals surface area contributed by atoms with Gasteiger partial charge in [0.1, 0.15) is 6.61 Å². The number of anilines is 1. The number of ether oxygens (including phenoxy) is 3. The van der Waals surface area contributed by atoms with E-state index in [-0.39, 0.29) is 18.6 Å². The number of benzene rings is 3. The van der Waals surface area contributed by atoms with Crippen molar-refractivity contribution in [2.75, 3.05) is 18.6 Å². The Labute approximate surface area is 197 Å². The van der Waals surface area contributed by atoms with Gasteiger partial charge in [0.2, 0.25) is 0 Å². The summed E-state index contributed by atoms with van der Waals surface area (Å²) in [5.41, 5.74) is 2.46. The molecule has 7 heteroatoms. The van der Waals surface area contributed by atoms with Gasteiger partial charge in [-0.25, -0.2) is 9.59 Å². The smallest absolute Gasteiger partial charge is 0.415 e. The second-order valence-corrected chi connectivity index (χ2v) is 7.90. The number of rotatable bonds is 8. The lowest BCUT2D eigenvalue weighted by atomic mass is 9.99. The predicted octanol–water partition coefficient (Wildman–Crippen LogP) is 4.20. The molecule has 3 aromatic rings. The van der Waals surface area contributed by atoms with Crippen LogP contribution in [0.4, 0.5) is 10.5 Å². The van der Waals surface area contributed by atoms with Crippen molar-refractivity contribution in [3.05, 3.63) is 102 Å². The van der Waals surface area contributed by atoms with Crippen LogP contribution < -0.4 is 4.90 Å². The molecular formula is C27H25NO6. The van der Waals surface area contributed by atoms with Gasteiger partial charge in [0.05, 0.1) is 30.8 Å². The van der Waals surface area contributed by atoms with Gasteiger partial charge in [-0.3, -0.25) is 9.69 Å². The number of cyclic esters (lactones) is 1. The number of para-hydroxylation sites is 1. The zero-order valence-corrected chi connectivity index (χ0v) is 18.8. The Morgan fingerprint density at radius 2 is 1.50 bits per heavy atom. The number of carbonyl (C=O) groups excluding carboxylic acids is 3. The molecule has 0 bridgehead atoms. The maximum atomic E-state index is 13.0. The summed E-state index contributed by atoms with van der Waals surface area (Å²) >= 11 is 0. The van der Waals surface area contributed by atoms with E-state index >= 15 is 0 Å². The van der Waals surface area contributed by atoms with Gasteiger partial charge < -0.3 is 14.2 Å². The van der Waals surface area contributed by atoms with Crippen LogP contribution in [0.3, 0.4) is 0 Å². The molecule has 0 aliphatic carbocycles. The van der Waals surface area contributed by atoms with Crippen molar-refractivity contribution in [3.8, 4) is 0 Å². The topological polar surface area (TPSA) is 82.1 Å². The Morgan fingerprint density at radius 3 is 2.18 bits per heavy atom. The molecule has 1 amide bonds. The van der Waals surface area contributed by atoms with Gasteiger partial charge in [-0.2, -0.15) is 0 Å². The highest BCUT2D eigenvalue weighted by atomic mass is 16.6. The Balaban J connectivity index is 1.57. The van der Waals surface area contributed by atoms with E-state index in [1.807, 2.05) is 60.7 Å². The van der Waals surface area contributed by atoms with Crippen molar-refractivity contribution >= 4 is 23.7 Å². The predicted molar refractivity (Wildman–Crippen MR) is 126 cm³/mol. The zero-order valence-electron chi connectivity index (χ0n) is 18.8. The number of nitrogens with zero attached hydrogens (tertiary/aromatic N) is 1. The van der Waals surface area contributed by atoms with E-state index in [0.717, 1.165) is 11.1 Å². The third-order valence-electron chi connectivity index (χ3n) is 5.67. The third-order valence-corrected chi connectivity index (χ3v) is 5.67. The molecule has 1 fully saturated rings. The van der Waals surface area contributed by atoms with E-state index in [1.165, 1.54) is 12.0 Å². The fraction of sp³-hybridized carbons (Fsp3) is 0.222. The van der Waals surface area contributed by atoms with Crippen LogP contribution in [0.5, 0.6) is 0 Å². The van der Waals surface area contributed by atoms with Crippen molar-refractivity contribution in [2.45, 2.75) is 25.0 Å². The molecule has 0 N–H and O–H groups in total. The molecule has 1 heterocycles. The van der Waals surface area contributed by atoms with Crippen LogP contribution in [-0.2, 0) is 31.8 Å². The van der Waals surface area contributed by atoms with Gasteiger partial charge in [0.15, 0.2) is 6.10 Å². The summed E-state index contributed by atoms with van der Waals surface area (Å²) in [4.78, 5) is 39.2. The van der Waals surface area contributed by atoms with E-state index in [1.54, 1.807) is 24.3 Å². The molecule has 1 saturated heterocycles. The first kappa shape index (κ1) is 23.0. The van der Waals surface area contributed by atoms with Gasteiger partial charge in [-0.1, -0.05) is 72.8 Å². The van der Waals surface area contributed by atoms with Crippen LogP contribution in [0.2, 0.25) is 0 Å². The number of amides is 1. The Morgan fingerprint density at radius 1 is 0.882 bits per heavy atom. The molecule has 0 spiro atoms. The Bertz CT molecular complexity index is 1150. The third kappa shape index (κ3) is 5.26. The standard InChI is InChI=1S/C27H25NO6/c1-32-26(30)21-14-8-9-15-22(21)28-23(16-19-10-4-2-5-11-19)24(34-27(28)31)18-33-25(29)17-20-12-6-3-7-13-20/h2-15,23-24H,16-18H2,1H3/t23-,24-/m1/s1. The average molecular weight is 459 g/mol. The number of carbonyl (C=O) groups is 3. The van der Waals surface area contributed by atoms with Gasteiger partial charge >= 0.3 is 18.0 Å². The second kappa shape index (κ2) is 10.7. The second-order valence-electron chi connectivity index (χ2n) is 7.90. The van der Waals surface area contributed by atoms with Crippen molar-refractivity contribution in [1.29, 1.82) is 0 Å². The lowest BCUT2D eigenvalue weighted by molar-refractivity contribution is -0.145. The zero-order chi connectivity index (χ0) is 23.9. The minimum absolute atomic E-state index is 0.0915. The Hall–Kier alpha value is -4.13. The first-order chi connectivity index (χ1) is 16.6. The molecule has 0 aromatic heterocycles. The summed E-state index contributed by atoms with van der Waals surface area (Å²) in [6, 6.07) is 25.1. The molecule has 34 heavy (non-hydrogen) atoms. The van der Waals surface area contributed by atoms with Crippen LogP contribution >= 0.6 is 0 Å². The lowest BCUT2D eigenvalue weighted by Crippen LogP contribution is -2.41. The molecule has 1 aliphatic rings. The van der Waals surface area contributed by atoms with Crippen molar-refractivity contribution in [2.24, 2.45) is 0 Å². The lowest BCUT2D eigenvalue weighted by Gasteiger charge is -2.26. The largest absolute Gasteiger partial charge is 0.465 e. The summed E-state index contributed by atoms with van der Waals surface area (Å²) in [6.07, 6.45) is -0.748. The van der Waals surface area contributed by atoms with Crippen LogP contribution in [0.1, 0.15) is 21.5 Å². The van der Waals surface area contributed by atoms with E-state index < -0.39 is 30.2 Å². The summed E-state index contributed by atoms with van der Waals surface area (Å²) in [6.45, 7) is -0.0915. The number of esters is 2. The molecule has 2 atom stereocenters. The summed E-state index contributed by atoms with van der Waals surface area (Å²) in [7, 11) is 1.29. The molecular weight excluding hydrogens is 434 g/mol. The monoisotopic (exact) mass is 459 g/mol. The normalized spacial score (nSPS) is 17.2. The maximum Gasteiger partial charge on any atom is 0.415 e. The van der Waals surface area contributed by atoms with Crippen LogP contribution in [0, 0.1) is 0 Å². The molecule has 0 radical (unpaired) electrons. The fourth-order valence-electron chi connectivity index (χ4n) is 4.02. The van der Waals surface area contributed by atoms with Gasteiger partial charge in [-0.05, 0) is 29.7 Å². The van der Waals surface area contributed by atoms with Gasteiger partial charge in [0, 0.05) is 0 Å². The highest BCUT2D eigenvalue weighted by Gasteiger charge is 2.44. The minimum atomic E-state index is -0.710. The van der Waals surface area contributed by atoms with Crippen LogP contribution in [0.25, 0.3) is 0 Å². The first-order valence-corrected chi connectivity index (χ1v) is 11.0. The fourth-order valence-corrected chi connectivity index (χ4v) is 4.02. The first-order valence-electron chi connectivity index (χ1n) is 11.0. The van der Waals surface area contributed by atoms with Crippen LogP contribution in [-0.4, -0.2) is 43.9 Å². The van der Waals surface area contributed by atoms with Crippen LogP contribution in [0.15, 0.2) is 84.9 Å². The van der Waals surface area contributed by atoms with E-state index in [9.17, 15) is 14.4 Å². The molecule has 1 aliphatic heterocycles. The number of hydrogen-bond acceptors (Lipinski definition) is 6. The SMILES string of the molecule is COC(=O)c1ccccc1N1C(=O)O[C@H](COC(=O)Cc2ccccc2)[C@H]1Cc1ccccc1. The van der Waals surface area contributed by atoms with Gasteiger partial charge in [0.25, 0.3) is 0 Å².